The molecule has 0 aliphatic heterocycles. The molecule has 4 nitrogen and oxygen atoms in total. The molecule has 1 N–H and O–H groups in total. The van der Waals surface area contributed by atoms with Crippen LogP contribution in [0.4, 0.5) is 5.82 Å². The number of thioether (sulfide) groups is 1. The van der Waals surface area contributed by atoms with Crippen molar-refractivity contribution in [3.63, 3.8) is 0 Å². The number of rotatable bonds is 4. The lowest BCUT2D eigenvalue weighted by Crippen LogP contribution is -2.07. The average molecular weight is 260 g/mol. The molecule has 0 spiro atoms. The zero-order chi connectivity index (χ0) is 13.0. The van der Waals surface area contributed by atoms with Crippen LogP contribution in [0, 0.1) is 13.8 Å². The zero-order valence-electron chi connectivity index (χ0n) is 10.8. The number of aromatic nitrogens is 3. The topological polar surface area (TPSA) is 50.7 Å². The average Bonchev–Trinajstić information content (AvgIpc) is 2.41. The van der Waals surface area contributed by atoms with Crippen LogP contribution in [0.5, 0.6) is 0 Å². The molecule has 0 atom stereocenters. The Morgan fingerprint density at radius 1 is 1.22 bits per heavy atom. The molecule has 0 aromatic carbocycles. The van der Waals surface area contributed by atoms with E-state index in [-0.39, 0.29) is 0 Å². The van der Waals surface area contributed by atoms with Crippen molar-refractivity contribution in [3.05, 3.63) is 41.3 Å². The van der Waals surface area contributed by atoms with Crippen LogP contribution < -0.4 is 5.32 Å². The maximum absolute atomic E-state index is 4.48. The fourth-order valence-electron chi connectivity index (χ4n) is 1.54. The minimum Gasteiger partial charge on any atom is -0.364 e. The Bertz CT molecular complexity index is 528. The molecule has 0 unspecified atom stereocenters. The van der Waals surface area contributed by atoms with Gasteiger partial charge in [0.25, 0.3) is 0 Å². The Labute approximate surface area is 111 Å². The lowest BCUT2D eigenvalue weighted by atomic mass is 10.2. The van der Waals surface area contributed by atoms with E-state index in [4.69, 9.17) is 0 Å². The van der Waals surface area contributed by atoms with Gasteiger partial charge in [-0.25, -0.2) is 9.97 Å². The third-order valence-corrected chi connectivity index (χ3v) is 3.26. The van der Waals surface area contributed by atoms with Gasteiger partial charge in [0.2, 0.25) is 0 Å². The summed E-state index contributed by atoms with van der Waals surface area (Å²) in [6.07, 6.45) is 3.77. The molecule has 2 rings (SSSR count). The van der Waals surface area contributed by atoms with Crippen LogP contribution >= 0.6 is 11.8 Å². The summed E-state index contributed by atoms with van der Waals surface area (Å²) >= 11 is 1.55. The monoisotopic (exact) mass is 260 g/mol. The van der Waals surface area contributed by atoms with E-state index in [1.54, 1.807) is 18.0 Å². The van der Waals surface area contributed by atoms with Crippen LogP contribution in [0.2, 0.25) is 0 Å². The molecule has 5 heteroatoms. The van der Waals surface area contributed by atoms with Crippen molar-refractivity contribution in [2.45, 2.75) is 25.5 Å². The standard InChI is InChI=1S/C13H16N4S/c1-9-10(2)16-13(18-3)17-12(9)15-8-11-6-4-5-7-14-11/h4-7H,8H2,1-3H3,(H,15,16,17). The molecule has 0 radical (unpaired) electrons. The van der Waals surface area contributed by atoms with Crippen molar-refractivity contribution in [2.75, 3.05) is 11.6 Å². The van der Waals surface area contributed by atoms with Gasteiger partial charge < -0.3 is 5.32 Å². The zero-order valence-corrected chi connectivity index (χ0v) is 11.6. The minimum atomic E-state index is 0.673. The van der Waals surface area contributed by atoms with Crippen molar-refractivity contribution in [1.82, 2.24) is 15.0 Å². The first kappa shape index (κ1) is 12.8. The number of hydrogen-bond donors (Lipinski definition) is 1. The van der Waals surface area contributed by atoms with E-state index in [0.717, 1.165) is 27.9 Å². The third-order valence-electron chi connectivity index (χ3n) is 2.71. The fraction of sp³-hybridized carbons (Fsp3) is 0.308. The lowest BCUT2D eigenvalue weighted by Gasteiger charge is -2.11. The first-order valence-corrected chi connectivity index (χ1v) is 6.96. The van der Waals surface area contributed by atoms with E-state index in [0.29, 0.717) is 6.54 Å². The Morgan fingerprint density at radius 2 is 2.06 bits per heavy atom. The van der Waals surface area contributed by atoms with Gasteiger partial charge in [-0.1, -0.05) is 17.8 Å². The van der Waals surface area contributed by atoms with Crippen LogP contribution in [0.1, 0.15) is 17.0 Å². The summed E-state index contributed by atoms with van der Waals surface area (Å²) in [5, 5.41) is 4.11. The molecule has 0 aliphatic carbocycles. The van der Waals surface area contributed by atoms with Crippen LogP contribution in [0.25, 0.3) is 0 Å². The molecule has 2 aromatic rings. The minimum absolute atomic E-state index is 0.673. The largest absolute Gasteiger partial charge is 0.364 e. The number of hydrogen-bond acceptors (Lipinski definition) is 5. The molecule has 0 fully saturated rings. The third kappa shape index (κ3) is 2.98. The van der Waals surface area contributed by atoms with E-state index in [1.807, 2.05) is 38.3 Å². The lowest BCUT2D eigenvalue weighted by molar-refractivity contribution is 0.902. The molecule has 0 amide bonds. The summed E-state index contributed by atoms with van der Waals surface area (Å²) in [5.41, 5.74) is 3.10. The fourth-order valence-corrected chi connectivity index (χ4v) is 1.95. The number of anilines is 1. The number of pyridine rings is 1. The summed E-state index contributed by atoms with van der Waals surface area (Å²) in [5.74, 6) is 0.887. The summed E-state index contributed by atoms with van der Waals surface area (Å²) in [6, 6.07) is 5.89. The SMILES string of the molecule is CSc1nc(C)c(C)c(NCc2ccccn2)n1. The normalized spacial score (nSPS) is 10.4. The van der Waals surface area contributed by atoms with E-state index in [1.165, 1.54) is 0 Å². The summed E-state index contributed by atoms with van der Waals surface area (Å²) in [7, 11) is 0. The predicted octanol–water partition coefficient (Wildman–Crippen LogP) is 2.82. The first-order valence-electron chi connectivity index (χ1n) is 5.73. The first-order chi connectivity index (χ1) is 8.70. The van der Waals surface area contributed by atoms with Gasteiger partial charge >= 0.3 is 0 Å². The molecular formula is C13H16N4S. The van der Waals surface area contributed by atoms with Crippen molar-refractivity contribution in [1.29, 1.82) is 0 Å². The van der Waals surface area contributed by atoms with Crippen LogP contribution in [-0.4, -0.2) is 21.2 Å². The van der Waals surface area contributed by atoms with Gasteiger partial charge in [0.1, 0.15) is 5.82 Å². The van der Waals surface area contributed by atoms with Gasteiger partial charge in [-0.15, -0.1) is 0 Å². The Kier molecular flexibility index (Phi) is 4.15. The van der Waals surface area contributed by atoms with E-state index < -0.39 is 0 Å². The summed E-state index contributed by atoms with van der Waals surface area (Å²) in [6.45, 7) is 4.70. The molecule has 0 saturated heterocycles. The van der Waals surface area contributed by atoms with Crippen molar-refractivity contribution in [3.8, 4) is 0 Å². The number of nitrogens with zero attached hydrogens (tertiary/aromatic N) is 3. The van der Waals surface area contributed by atoms with Crippen LogP contribution in [0.15, 0.2) is 29.6 Å². The quantitative estimate of drug-likeness (QED) is 0.676. The van der Waals surface area contributed by atoms with Gasteiger partial charge in [0.15, 0.2) is 5.16 Å². The summed E-state index contributed by atoms with van der Waals surface area (Å²) in [4.78, 5) is 13.2. The van der Waals surface area contributed by atoms with Crippen LogP contribution in [0.3, 0.4) is 0 Å². The molecule has 0 aliphatic rings. The predicted molar refractivity (Wildman–Crippen MR) is 74.9 cm³/mol. The highest BCUT2D eigenvalue weighted by Crippen LogP contribution is 2.19. The van der Waals surface area contributed by atoms with Crippen LogP contribution in [-0.2, 0) is 6.54 Å². The van der Waals surface area contributed by atoms with Gasteiger partial charge in [0.05, 0.1) is 12.2 Å². The van der Waals surface area contributed by atoms with E-state index in [9.17, 15) is 0 Å². The van der Waals surface area contributed by atoms with E-state index >= 15 is 0 Å². The van der Waals surface area contributed by atoms with E-state index in [2.05, 4.69) is 20.3 Å². The molecule has 0 bridgehead atoms. The van der Waals surface area contributed by atoms with Crippen molar-refractivity contribution >= 4 is 17.6 Å². The second kappa shape index (κ2) is 5.82. The number of aryl methyl sites for hydroxylation is 1. The smallest absolute Gasteiger partial charge is 0.189 e. The highest BCUT2D eigenvalue weighted by Gasteiger charge is 2.07. The Hall–Kier alpha value is -1.62. The highest BCUT2D eigenvalue weighted by atomic mass is 32.2. The maximum Gasteiger partial charge on any atom is 0.189 e. The second-order valence-corrected chi connectivity index (χ2v) is 4.72. The van der Waals surface area contributed by atoms with Gasteiger partial charge in [-0.2, -0.15) is 0 Å². The van der Waals surface area contributed by atoms with Gasteiger partial charge in [-0.05, 0) is 32.2 Å². The molecule has 18 heavy (non-hydrogen) atoms. The van der Waals surface area contributed by atoms with Gasteiger partial charge in [-0.3, -0.25) is 4.98 Å². The molecule has 0 saturated carbocycles. The summed E-state index contributed by atoms with van der Waals surface area (Å²) < 4.78 is 0. The molecular weight excluding hydrogens is 244 g/mol. The number of nitrogens with one attached hydrogen (secondary N) is 1. The van der Waals surface area contributed by atoms with Crippen molar-refractivity contribution < 1.29 is 0 Å². The molecule has 2 aromatic heterocycles. The Balaban J connectivity index is 2.16. The maximum atomic E-state index is 4.48. The molecule has 94 valence electrons. The highest BCUT2D eigenvalue weighted by molar-refractivity contribution is 7.98. The molecule has 2 heterocycles. The Morgan fingerprint density at radius 3 is 2.72 bits per heavy atom. The second-order valence-electron chi connectivity index (χ2n) is 3.94. The van der Waals surface area contributed by atoms with Crippen molar-refractivity contribution in [2.24, 2.45) is 0 Å². The van der Waals surface area contributed by atoms with Gasteiger partial charge in [0, 0.05) is 17.5 Å².